The van der Waals surface area contributed by atoms with E-state index in [4.69, 9.17) is 4.98 Å². The molecular weight excluding hydrogens is 519 g/mol. The largest absolute Gasteiger partial charge is 0.356 e. The number of nitrogens with one attached hydrogen (secondary N) is 2. The van der Waals surface area contributed by atoms with Crippen molar-refractivity contribution in [2.24, 2.45) is 4.99 Å². The van der Waals surface area contributed by atoms with Gasteiger partial charge in [-0.15, -0.1) is 35.3 Å². The SMILES string of the molecule is CN=C(NCCc1csc(N2CCCC2)n1)NCC(c1ccccc1)N1CCCC1.I. The molecule has 4 rings (SSSR count). The van der Waals surface area contributed by atoms with Crippen molar-refractivity contribution in [1.82, 2.24) is 20.5 Å². The standard InChI is InChI=1S/C23H34N6S.HI/c1-24-22(25-12-11-20-18-30-23(27-20)29-15-7-8-16-29)26-17-21(28-13-5-6-14-28)19-9-3-2-4-10-19;/h2-4,9-10,18,21H,5-8,11-17H2,1H3,(H2,24,25,26);1H. The Balaban J connectivity index is 0.00000272. The highest BCUT2D eigenvalue weighted by Crippen LogP contribution is 2.25. The zero-order valence-electron chi connectivity index (χ0n) is 18.4. The minimum atomic E-state index is 0. The number of hydrogen-bond donors (Lipinski definition) is 2. The smallest absolute Gasteiger partial charge is 0.191 e. The molecule has 2 fully saturated rings. The summed E-state index contributed by atoms with van der Waals surface area (Å²) in [5, 5.41) is 10.4. The molecule has 2 aliphatic rings. The maximum atomic E-state index is 4.82. The number of anilines is 1. The number of thiazole rings is 1. The number of benzene rings is 1. The van der Waals surface area contributed by atoms with E-state index >= 15 is 0 Å². The minimum Gasteiger partial charge on any atom is -0.356 e. The van der Waals surface area contributed by atoms with E-state index in [-0.39, 0.29) is 24.0 Å². The van der Waals surface area contributed by atoms with Crippen LogP contribution in [0.4, 0.5) is 5.13 Å². The number of guanidine groups is 1. The van der Waals surface area contributed by atoms with Crippen LogP contribution in [0.2, 0.25) is 0 Å². The van der Waals surface area contributed by atoms with Gasteiger partial charge in [0, 0.05) is 45.0 Å². The Bertz CT molecular complexity index is 799. The topological polar surface area (TPSA) is 55.8 Å². The number of nitrogens with zero attached hydrogens (tertiary/aromatic N) is 4. The third kappa shape index (κ3) is 6.79. The van der Waals surface area contributed by atoms with Crippen LogP contribution in [-0.2, 0) is 6.42 Å². The fourth-order valence-corrected chi connectivity index (χ4v) is 5.29. The van der Waals surface area contributed by atoms with Crippen LogP contribution in [0.1, 0.15) is 43.0 Å². The van der Waals surface area contributed by atoms with E-state index in [1.54, 1.807) is 11.3 Å². The molecule has 1 atom stereocenters. The summed E-state index contributed by atoms with van der Waals surface area (Å²) in [4.78, 5) is 14.2. The molecule has 8 heteroatoms. The van der Waals surface area contributed by atoms with Gasteiger partial charge in [0.1, 0.15) is 0 Å². The molecule has 0 saturated carbocycles. The van der Waals surface area contributed by atoms with E-state index < -0.39 is 0 Å². The maximum absolute atomic E-state index is 4.82. The van der Waals surface area contributed by atoms with E-state index in [9.17, 15) is 0 Å². The van der Waals surface area contributed by atoms with Crippen molar-refractivity contribution >= 4 is 46.4 Å². The van der Waals surface area contributed by atoms with Gasteiger partial charge < -0.3 is 15.5 Å². The van der Waals surface area contributed by atoms with Gasteiger partial charge in [-0.25, -0.2) is 4.98 Å². The third-order valence-electron chi connectivity index (χ3n) is 6.04. The molecular formula is C23H35IN6S. The van der Waals surface area contributed by atoms with E-state index in [2.05, 4.69) is 61.1 Å². The average Bonchev–Trinajstić information content (AvgIpc) is 3.56. The van der Waals surface area contributed by atoms with E-state index in [0.717, 1.165) is 38.6 Å². The third-order valence-corrected chi connectivity index (χ3v) is 6.99. The van der Waals surface area contributed by atoms with Crippen molar-refractivity contribution in [3.8, 4) is 0 Å². The number of halogens is 1. The summed E-state index contributed by atoms with van der Waals surface area (Å²) in [7, 11) is 1.84. The summed E-state index contributed by atoms with van der Waals surface area (Å²) in [6.45, 7) is 6.36. The molecule has 2 aliphatic heterocycles. The Morgan fingerprint density at radius 2 is 1.77 bits per heavy atom. The van der Waals surface area contributed by atoms with Crippen LogP contribution in [0.5, 0.6) is 0 Å². The van der Waals surface area contributed by atoms with Crippen molar-refractivity contribution in [3.05, 3.63) is 47.0 Å². The van der Waals surface area contributed by atoms with Crippen molar-refractivity contribution in [2.45, 2.75) is 38.1 Å². The van der Waals surface area contributed by atoms with E-state index in [1.807, 2.05) is 7.05 Å². The van der Waals surface area contributed by atoms with Gasteiger partial charge in [-0.2, -0.15) is 0 Å². The number of hydrogen-bond acceptors (Lipinski definition) is 5. The van der Waals surface area contributed by atoms with Crippen molar-refractivity contribution in [3.63, 3.8) is 0 Å². The summed E-state index contributed by atoms with van der Waals surface area (Å²) in [5.41, 5.74) is 2.54. The predicted molar refractivity (Wildman–Crippen MR) is 142 cm³/mol. The number of rotatable bonds is 8. The van der Waals surface area contributed by atoms with Crippen LogP contribution in [0.3, 0.4) is 0 Å². The number of aliphatic imine (C=N–C) groups is 1. The first-order chi connectivity index (χ1) is 14.8. The zero-order chi connectivity index (χ0) is 20.6. The van der Waals surface area contributed by atoms with Crippen LogP contribution in [0.15, 0.2) is 40.7 Å². The molecule has 0 bridgehead atoms. The first-order valence-electron chi connectivity index (χ1n) is 11.3. The summed E-state index contributed by atoms with van der Waals surface area (Å²) in [6, 6.07) is 11.2. The van der Waals surface area contributed by atoms with Crippen molar-refractivity contribution in [1.29, 1.82) is 0 Å². The van der Waals surface area contributed by atoms with Gasteiger partial charge in [-0.3, -0.25) is 9.89 Å². The predicted octanol–water partition coefficient (Wildman–Crippen LogP) is 3.91. The molecule has 0 amide bonds. The van der Waals surface area contributed by atoms with Gasteiger partial charge in [-0.05, 0) is 44.3 Å². The molecule has 3 heterocycles. The molecule has 0 radical (unpaired) electrons. The Labute approximate surface area is 207 Å². The van der Waals surface area contributed by atoms with Gasteiger partial charge in [0.15, 0.2) is 11.1 Å². The molecule has 31 heavy (non-hydrogen) atoms. The van der Waals surface area contributed by atoms with Crippen LogP contribution in [-0.4, -0.2) is 62.2 Å². The van der Waals surface area contributed by atoms with Gasteiger partial charge in [0.25, 0.3) is 0 Å². The second-order valence-electron chi connectivity index (χ2n) is 8.12. The molecule has 1 unspecified atom stereocenters. The fraction of sp³-hybridized carbons (Fsp3) is 0.565. The lowest BCUT2D eigenvalue weighted by Crippen LogP contribution is -2.43. The summed E-state index contributed by atoms with van der Waals surface area (Å²) >= 11 is 1.77. The molecule has 170 valence electrons. The highest BCUT2D eigenvalue weighted by molar-refractivity contribution is 14.0. The summed E-state index contributed by atoms with van der Waals surface area (Å²) < 4.78 is 0. The van der Waals surface area contributed by atoms with Crippen LogP contribution < -0.4 is 15.5 Å². The number of aromatic nitrogens is 1. The van der Waals surface area contributed by atoms with Crippen LogP contribution in [0, 0.1) is 0 Å². The Kier molecular flexibility index (Phi) is 9.86. The lowest BCUT2D eigenvalue weighted by molar-refractivity contribution is 0.245. The zero-order valence-corrected chi connectivity index (χ0v) is 21.6. The Morgan fingerprint density at radius 1 is 1.06 bits per heavy atom. The first-order valence-corrected chi connectivity index (χ1v) is 12.1. The minimum absolute atomic E-state index is 0. The van der Waals surface area contributed by atoms with E-state index in [1.165, 1.54) is 55.2 Å². The molecule has 2 N–H and O–H groups in total. The fourth-order valence-electron chi connectivity index (χ4n) is 4.37. The van der Waals surface area contributed by atoms with Gasteiger partial charge in [0.05, 0.1) is 11.7 Å². The highest BCUT2D eigenvalue weighted by atomic mass is 127. The lowest BCUT2D eigenvalue weighted by atomic mass is 10.1. The number of likely N-dealkylation sites (tertiary alicyclic amines) is 1. The monoisotopic (exact) mass is 554 g/mol. The van der Waals surface area contributed by atoms with E-state index in [0.29, 0.717) is 6.04 Å². The van der Waals surface area contributed by atoms with Crippen molar-refractivity contribution < 1.29 is 0 Å². The molecule has 6 nitrogen and oxygen atoms in total. The average molecular weight is 555 g/mol. The maximum Gasteiger partial charge on any atom is 0.191 e. The molecule has 0 spiro atoms. The Morgan fingerprint density at radius 3 is 2.48 bits per heavy atom. The van der Waals surface area contributed by atoms with Crippen LogP contribution in [0.25, 0.3) is 0 Å². The highest BCUT2D eigenvalue weighted by Gasteiger charge is 2.23. The second kappa shape index (κ2) is 12.6. The summed E-state index contributed by atoms with van der Waals surface area (Å²) in [5.74, 6) is 0.866. The normalized spacial score (nSPS) is 18.1. The van der Waals surface area contributed by atoms with Gasteiger partial charge in [0.2, 0.25) is 0 Å². The molecule has 2 aromatic rings. The van der Waals surface area contributed by atoms with Crippen LogP contribution >= 0.6 is 35.3 Å². The second-order valence-corrected chi connectivity index (χ2v) is 8.95. The molecule has 0 aliphatic carbocycles. The summed E-state index contributed by atoms with van der Waals surface area (Å²) in [6.07, 6.45) is 6.09. The van der Waals surface area contributed by atoms with Gasteiger partial charge >= 0.3 is 0 Å². The van der Waals surface area contributed by atoms with Gasteiger partial charge in [-0.1, -0.05) is 30.3 Å². The quantitative estimate of drug-likeness (QED) is 0.295. The molecule has 1 aromatic heterocycles. The molecule has 1 aromatic carbocycles. The molecule has 2 saturated heterocycles. The lowest BCUT2D eigenvalue weighted by Gasteiger charge is -2.29. The first kappa shape index (κ1) is 24.3. The Hall–Kier alpha value is -1.39. The van der Waals surface area contributed by atoms with Crippen molar-refractivity contribution in [2.75, 3.05) is 51.2 Å².